The number of alkyl halides is 3. The number of hydrogen-bond acceptors (Lipinski definition) is 4. The molecule has 2 aromatic rings. The van der Waals surface area contributed by atoms with Crippen LogP contribution in [0.4, 0.5) is 18.9 Å². The number of hydrogen-bond donors (Lipinski definition) is 1. The van der Waals surface area contributed by atoms with Crippen molar-refractivity contribution in [2.24, 2.45) is 0 Å². The molecule has 24 heavy (non-hydrogen) atoms. The van der Waals surface area contributed by atoms with Gasteiger partial charge in [-0.25, -0.2) is 0 Å². The molecule has 0 aliphatic carbocycles. The van der Waals surface area contributed by atoms with Crippen LogP contribution in [0.5, 0.6) is 0 Å². The zero-order chi connectivity index (χ0) is 17.9. The molecule has 1 heterocycles. The lowest BCUT2D eigenvalue weighted by atomic mass is 10.2. The molecule has 1 amide bonds. The van der Waals surface area contributed by atoms with Crippen molar-refractivity contribution in [2.75, 3.05) is 11.1 Å². The van der Waals surface area contributed by atoms with Crippen LogP contribution in [-0.4, -0.2) is 26.4 Å². The molecule has 0 bridgehead atoms. The average Bonchev–Trinajstić information content (AvgIpc) is 2.95. The molecule has 0 unspecified atom stereocenters. The van der Waals surface area contributed by atoms with Crippen LogP contribution >= 0.6 is 23.4 Å². The van der Waals surface area contributed by atoms with Gasteiger partial charge in [-0.2, -0.15) is 13.2 Å². The molecule has 0 aliphatic heterocycles. The van der Waals surface area contributed by atoms with Crippen molar-refractivity contribution in [3.05, 3.63) is 35.1 Å². The lowest BCUT2D eigenvalue weighted by Gasteiger charge is -2.12. The summed E-state index contributed by atoms with van der Waals surface area (Å²) < 4.78 is 39.9. The van der Waals surface area contributed by atoms with Gasteiger partial charge in [0.15, 0.2) is 5.16 Å². The Balaban J connectivity index is 2.03. The standard InChI is InChI=1S/C14H14ClF3N4OS/c1-8(2)22-7-19-21-13(22)24-6-12(23)20-11-5-9(14(16,17)18)3-4-10(11)15/h3-5,7-8H,6H2,1-2H3,(H,20,23). The highest BCUT2D eigenvalue weighted by Crippen LogP contribution is 2.34. The highest BCUT2D eigenvalue weighted by atomic mass is 35.5. The third kappa shape index (κ3) is 4.64. The average molecular weight is 379 g/mol. The van der Waals surface area contributed by atoms with Crippen LogP contribution in [0.25, 0.3) is 0 Å². The molecule has 130 valence electrons. The molecule has 0 radical (unpaired) electrons. The molecule has 5 nitrogen and oxygen atoms in total. The summed E-state index contributed by atoms with van der Waals surface area (Å²) in [4.78, 5) is 12.0. The number of nitrogens with one attached hydrogen (secondary N) is 1. The third-order valence-corrected chi connectivity index (χ3v) is 4.28. The van der Waals surface area contributed by atoms with E-state index in [1.165, 1.54) is 0 Å². The maximum atomic E-state index is 12.7. The Morgan fingerprint density at radius 2 is 2.12 bits per heavy atom. The molecule has 2 rings (SSSR count). The molecule has 1 aromatic carbocycles. The van der Waals surface area contributed by atoms with Gasteiger partial charge in [-0.1, -0.05) is 23.4 Å². The van der Waals surface area contributed by atoms with E-state index in [0.717, 1.165) is 30.0 Å². The van der Waals surface area contributed by atoms with E-state index in [1.54, 1.807) is 10.9 Å². The van der Waals surface area contributed by atoms with Crippen LogP contribution in [0.1, 0.15) is 25.5 Å². The number of benzene rings is 1. The van der Waals surface area contributed by atoms with Crippen molar-refractivity contribution >= 4 is 35.0 Å². The fourth-order valence-electron chi connectivity index (χ4n) is 1.80. The molecule has 1 N–H and O–H groups in total. The molecule has 0 atom stereocenters. The second-order valence-electron chi connectivity index (χ2n) is 5.14. The SMILES string of the molecule is CC(C)n1cnnc1SCC(=O)Nc1cc(C(F)(F)F)ccc1Cl. The number of carbonyl (C=O) groups excluding carboxylic acids is 1. The van der Waals surface area contributed by atoms with E-state index in [2.05, 4.69) is 15.5 Å². The van der Waals surface area contributed by atoms with E-state index in [9.17, 15) is 18.0 Å². The number of thioether (sulfide) groups is 1. The topological polar surface area (TPSA) is 59.8 Å². The molecular formula is C14H14ClF3N4OS. The number of amides is 1. The Hall–Kier alpha value is -1.74. The van der Waals surface area contributed by atoms with Crippen LogP contribution in [0.2, 0.25) is 5.02 Å². The first-order valence-electron chi connectivity index (χ1n) is 6.87. The molecular weight excluding hydrogens is 365 g/mol. The number of carbonyl (C=O) groups is 1. The third-order valence-electron chi connectivity index (χ3n) is 3.00. The first-order valence-corrected chi connectivity index (χ1v) is 8.23. The van der Waals surface area contributed by atoms with E-state index in [1.807, 2.05) is 13.8 Å². The quantitative estimate of drug-likeness (QED) is 0.790. The lowest BCUT2D eigenvalue weighted by Crippen LogP contribution is -2.16. The summed E-state index contributed by atoms with van der Waals surface area (Å²) in [5, 5.41) is 10.6. The minimum Gasteiger partial charge on any atom is -0.324 e. The van der Waals surface area contributed by atoms with E-state index < -0.39 is 17.6 Å². The van der Waals surface area contributed by atoms with Gasteiger partial charge in [0.25, 0.3) is 0 Å². The fourth-order valence-corrected chi connectivity index (χ4v) is 2.81. The number of rotatable bonds is 5. The van der Waals surface area contributed by atoms with Crippen molar-refractivity contribution in [1.29, 1.82) is 0 Å². The lowest BCUT2D eigenvalue weighted by molar-refractivity contribution is -0.137. The molecule has 0 saturated carbocycles. The van der Waals surface area contributed by atoms with E-state index in [-0.39, 0.29) is 22.5 Å². The van der Waals surface area contributed by atoms with Crippen molar-refractivity contribution in [2.45, 2.75) is 31.2 Å². The largest absolute Gasteiger partial charge is 0.416 e. The Bertz CT molecular complexity index is 733. The Kier molecular flexibility index (Phi) is 5.76. The summed E-state index contributed by atoms with van der Waals surface area (Å²) in [7, 11) is 0. The van der Waals surface area contributed by atoms with Crippen LogP contribution in [0.3, 0.4) is 0 Å². The highest BCUT2D eigenvalue weighted by Gasteiger charge is 2.31. The van der Waals surface area contributed by atoms with Gasteiger partial charge >= 0.3 is 6.18 Å². The van der Waals surface area contributed by atoms with Gasteiger partial charge in [0, 0.05) is 6.04 Å². The summed E-state index contributed by atoms with van der Waals surface area (Å²) in [6, 6.07) is 2.89. The predicted molar refractivity (Wildman–Crippen MR) is 86.2 cm³/mol. The zero-order valence-electron chi connectivity index (χ0n) is 12.8. The first-order chi connectivity index (χ1) is 11.2. The molecule has 0 spiro atoms. The number of aromatic nitrogens is 3. The van der Waals surface area contributed by atoms with Gasteiger partial charge in [-0.05, 0) is 32.0 Å². The van der Waals surface area contributed by atoms with Crippen LogP contribution in [0, 0.1) is 0 Å². The van der Waals surface area contributed by atoms with Gasteiger partial charge in [0.2, 0.25) is 5.91 Å². The number of anilines is 1. The van der Waals surface area contributed by atoms with Crippen LogP contribution in [-0.2, 0) is 11.0 Å². The van der Waals surface area contributed by atoms with Gasteiger partial charge in [0.1, 0.15) is 6.33 Å². The number of nitrogens with zero attached hydrogens (tertiary/aromatic N) is 3. The molecule has 10 heteroatoms. The first kappa shape index (κ1) is 18.6. The summed E-state index contributed by atoms with van der Waals surface area (Å²) >= 11 is 6.98. The van der Waals surface area contributed by atoms with E-state index in [0.29, 0.717) is 5.16 Å². The van der Waals surface area contributed by atoms with Gasteiger partial charge in [-0.3, -0.25) is 4.79 Å². The van der Waals surface area contributed by atoms with E-state index in [4.69, 9.17) is 11.6 Å². The van der Waals surface area contributed by atoms with Crippen molar-refractivity contribution in [1.82, 2.24) is 14.8 Å². The molecule has 0 saturated heterocycles. The Morgan fingerprint density at radius 3 is 2.75 bits per heavy atom. The predicted octanol–water partition coefficient (Wildman–Crippen LogP) is 4.26. The zero-order valence-corrected chi connectivity index (χ0v) is 14.3. The normalized spacial score (nSPS) is 11.8. The van der Waals surface area contributed by atoms with Crippen molar-refractivity contribution < 1.29 is 18.0 Å². The maximum Gasteiger partial charge on any atom is 0.416 e. The van der Waals surface area contributed by atoms with Crippen LogP contribution < -0.4 is 5.32 Å². The summed E-state index contributed by atoms with van der Waals surface area (Å²) in [5.74, 6) is -0.516. The molecule has 0 fully saturated rings. The van der Waals surface area contributed by atoms with Gasteiger partial charge in [-0.15, -0.1) is 10.2 Å². The summed E-state index contributed by atoms with van der Waals surface area (Å²) in [5.41, 5.74) is -0.961. The maximum absolute atomic E-state index is 12.7. The smallest absolute Gasteiger partial charge is 0.324 e. The Labute approximate surface area is 145 Å². The monoisotopic (exact) mass is 378 g/mol. The Morgan fingerprint density at radius 1 is 1.42 bits per heavy atom. The highest BCUT2D eigenvalue weighted by molar-refractivity contribution is 7.99. The van der Waals surface area contributed by atoms with Crippen LogP contribution in [0.15, 0.2) is 29.7 Å². The van der Waals surface area contributed by atoms with Crippen molar-refractivity contribution in [3.63, 3.8) is 0 Å². The van der Waals surface area contributed by atoms with Crippen molar-refractivity contribution in [3.8, 4) is 0 Å². The van der Waals surface area contributed by atoms with Gasteiger partial charge in [0.05, 0.1) is 22.0 Å². The minimum atomic E-state index is -4.51. The second kappa shape index (κ2) is 7.43. The fraction of sp³-hybridized carbons (Fsp3) is 0.357. The summed E-state index contributed by atoms with van der Waals surface area (Å²) in [6.45, 7) is 3.88. The number of halogens is 4. The van der Waals surface area contributed by atoms with E-state index >= 15 is 0 Å². The molecule has 0 aliphatic rings. The second-order valence-corrected chi connectivity index (χ2v) is 6.49. The minimum absolute atomic E-state index is 0.0298. The van der Waals surface area contributed by atoms with Gasteiger partial charge < -0.3 is 9.88 Å². The molecule has 1 aromatic heterocycles. The summed E-state index contributed by atoms with van der Waals surface area (Å²) in [6.07, 6.45) is -2.96.